The highest BCUT2D eigenvalue weighted by atomic mass is 79.9. The molecular formula is C36H22Br4N2. The SMILES string of the molecule is BrC1(Br)C=CC(C2(C3=C4N=c5ccccc5=C4C(Br)(Br)C=C3)C=CC(c3ccccc3)=CC2)=C2N=c3ccccc3=C21. The van der Waals surface area contributed by atoms with Crippen LogP contribution in [0.5, 0.6) is 0 Å². The fourth-order valence-corrected chi connectivity index (χ4v) is 8.82. The molecule has 0 fully saturated rings. The Hall–Kier alpha value is -2.64. The first kappa shape index (κ1) is 26.9. The van der Waals surface area contributed by atoms with Gasteiger partial charge in [-0.25, -0.2) is 9.98 Å². The number of fused-ring (bicyclic) bond motifs is 4. The maximum absolute atomic E-state index is 5.27. The van der Waals surface area contributed by atoms with E-state index in [4.69, 9.17) is 9.98 Å². The second kappa shape index (κ2) is 9.68. The number of benzene rings is 3. The van der Waals surface area contributed by atoms with Gasteiger partial charge in [0.05, 0.1) is 22.1 Å². The predicted octanol–water partition coefficient (Wildman–Crippen LogP) is 7.60. The minimum atomic E-state index is -0.508. The minimum absolute atomic E-state index is 0.503. The van der Waals surface area contributed by atoms with Crippen LogP contribution in [0, 0.1) is 5.41 Å². The highest BCUT2D eigenvalue weighted by Gasteiger charge is 2.47. The number of rotatable bonds is 3. The quantitative estimate of drug-likeness (QED) is 0.244. The fraction of sp³-hybridized carbons (Fsp3) is 0.111. The minimum Gasteiger partial charge on any atom is -0.248 e. The lowest BCUT2D eigenvalue weighted by Gasteiger charge is -2.41. The van der Waals surface area contributed by atoms with Gasteiger partial charge < -0.3 is 0 Å². The van der Waals surface area contributed by atoms with Crippen LogP contribution in [0.25, 0.3) is 16.7 Å². The number of halogens is 4. The lowest BCUT2D eigenvalue weighted by Crippen LogP contribution is -2.33. The normalized spacial score (nSPS) is 21.8. The van der Waals surface area contributed by atoms with Crippen molar-refractivity contribution in [2.75, 3.05) is 0 Å². The van der Waals surface area contributed by atoms with Gasteiger partial charge in [0.2, 0.25) is 0 Å². The molecule has 0 aromatic heterocycles. The number of hydrogen-bond donors (Lipinski definition) is 0. The second-order valence-corrected chi connectivity index (χ2v) is 18.1. The Morgan fingerprint density at radius 3 is 1.55 bits per heavy atom. The fourth-order valence-electron chi connectivity index (χ4n) is 6.69. The van der Waals surface area contributed by atoms with Gasteiger partial charge in [-0.1, -0.05) is 173 Å². The highest BCUT2D eigenvalue weighted by molar-refractivity contribution is 9.26. The third kappa shape index (κ3) is 3.98. The van der Waals surface area contributed by atoms with E-state index < -0.39 is 11.9 Å². The molecule has 3 aliphatic carbocycles. The van der Waals surface area contributed by atoms with Gasteiger partial charge in [0, 0.05) is 27.0 Å². The van der Waals surface area contributed by atoms with Crippen molar-refractivity contribution in [3.05, 3.63) is 171 Å². The molecule has 0 saturated carbocycles. The molecule has 5 aliphatic rings. The molecule has 2 heterocycles. The molecule has 0 spiro atoms. The lowest BCUT2D eigenvalue weighted by molar-refractivity contribution is 0.567. The Morgan fingerprint density at radius 2 is 1.05 bits per heavy atom. The molecule has 3 aromatic rings. The van der Waals surface area contributed by atoms with E-state index in [1.54, 1.807) is 0 Å². The van der Waals surface area contributed by atoms with Crippen LogP contribution in [-0.2, 0) is 0 Å². The van der Waals surface area contributed by atoms with Gasteiger partial charge in [-0.2, -0.15) is 0 Å². The van der Waals surface area contributed by atoms with E-state index >= 15 is 0 Å². The summed E-state index contributed by atoms with van der Waals surface area (Å²) in [6, 6.07) is 27.4. The van der Waals surface area contributed by atoms with E-state index in [1.807, 2.05) is 0 Å². The van der Waals surface area contributed by atoms with Crippen molar-refractivity contribution in [3.63, 3.8) is 0 Å². The monoisotopic (exact) mass is 798 g/mol. The van der Waals surface area contributed by atoms with Crippen LogP contribution in [0.1, 0.15) is 12.0 Å². The van der Waals surface area contributed by atoms with Crippen molar-refractivity contribution >= 4 is 80.4 Å². The molecule has 2 nitrogen and oxygen atoms in total. The first-order valence-corrected chi connectivity index (χ1v) is 16.9. The number of allylic oxidation sites excluding steroid dienone is 12. The molecule has 42 heavy (non-hydrogen) atoms. The summed E-state index contributed by atoms with van der Waals surface area (Å²) in [6.45, 7) is 0. The van der Waals surface area contributed by atoms with Crippen molar-refractivity contribution < 1.29 is 0 Å². The zero-order chi connectivity index (χ0) is 28.7. The number of alkyl halides is 4. The molecule has 0 bridgehead atoms. The summed E-state index contributed by atoms with van der Waals surface area (Å²) in [5.74, 6) is 0. The summed E-state index contributed by atoms with van der Waals surface area (Å²) in [4.78, 5) is 10.5. The van der Waals surface area contributed by atoms with Crippen molar-refractivity contribution in [1.82, 2.24) is 0 Å². The topological polar surface area (TPSA) is 24.7 Å². The van der Waals surface area contributed by atoms with Crippen molar-refractivity contribution in [1.29, 1.82) is 0 Å². The third-order valence-electron chi connectivity index (χ3n) is 8.64. The maximum Gasteiger partial charge on any atom is 0.126 e. The summed E-state index contributed by atoms with van der Waals surface area (Å²) >= 11 is 15.8. The van der Waals surface area contributed by atoms with E-state index in [9.17, 15) is 0 Å². The Bertz CT molecular complexity index is 2040. The number of hydrogen-bond acceptors (Lipinski definition) is 2. The largest absolute Gasteiger partial charge is 0.248 e. The van der Waals surface area contributed by atoms with Gasteiger partial charge in [0.25, 0.3) is 0 Å². The third-order valence-corrected chi connectivity index (χ3v) is 11.3. The van der Waals surface area contributed by atoms with Crippen molar-refractivity contribution in [2.24, 2.45) is 15.4 Å². The van der Waals surface area contributed by atoms with Gasteiger partial charge in [0.1, 0.15) is 6.47 Å². The Balaban J connectivity index is 1.43. The zero-order valence-corrected chi connectivity index (χ0v) is 28.5. The molecule has 2 aliphatic heterocycles. The van der Waals surface area contributed by atoms with Crippen LogP contribution in [0.15, 0.2) is 154 Å². The molecule has 0 atom stereocenters. The summed E-state index contributed by atoms with van der Waals surface area (Å²) in [6.07, 6.45) is 16.7. The molecule has 0 unspecified atom stereocenters. The van der Waals surface area contributed by atoms with Crippen LogP contribution in [0.2, 0.25) is 0 Å². The lowest BCUT2D eigenvalue weighted by atomic mass is 9.64. The summed E-state index contributed by atoms with van der Waals surface area (Å²) < 4.78 is -1.02. The summed E-state index contributed by atoms with van der Waals surface area (Å²) in [5.41, 5.74) is 8.54. The standard InChI is InChI=1S/C36H22Br4N2/c37-35(38)20-16-26(32-30(35)24-10-4-6-12-28(24)41-32)34(18-14-23(15-19-34)22-8-2-1-3-9-22)27-17-21-36(39,40)31-25-11-5-7-13-29(25)42-33(27)31/h1-18,20-21H,19H2. The van der Waals surface area contributed by atoms with E-state index in [1.165, 1.54) is 11.1 Å². The Labute approximate surface area is 277 Å². The average molecular weight is 802 g/mol. The first-order chi connectivity index (χ1) is 20.3. The summed E-state index contributed by atoms with van der Waals surface area (Å²) in [5, 5.41) is 4.26. The molecule has 0 saturated heterocycles. The van der Waals surface area contributed by atoms with Gasteiger partial charge in [-0.05, 0) is 40.8 Å². The van der Waals surface area contributed by atoms with Gasteiger partial charge >= 0.3 is 0 Å². The average Bonchev–Trinajstić information content (AvgIpc) is 3.59. The molecule has 204 valence electrons. The van der Waals surface area contributed by atoms with Crippen LogP contribution >= 0.6 is 63.7 Å². The van der Waals surface area contributed by atoms with E-state index in [-0.39, 0.29) is 0 Å². The molecule has 0 N–H and O–H groups in total. The van der Waals surface area contributed by atoms with Crippen molar-refractivity contribution in [2.45, 2.75) is 12.9 Å². The second-order valence-electron chi connectivity index (χ2n) is 11.0. The Morgan fingerprint density at radius 1 is 0.548 bits per heavy atom. The van der Waals surface area contributed by atoms with Crippen LogP contribution < -0.4 is 21.2 Å². The first-order valence-electron chi connectivity index (χ1n) is 13.7. The van der Waals surface area contributed by atoms with Gasteiger partial charge in [-0.3, -0.25) is 0 Å². The van der Waals surface area contributed by atoms with Gasteiger partial charge in [0.15, 0.2) is 0 Å². The van der Waals surface area contributed by atoms with Crippen LogP contribution in [-0.4, -0.2) is 6.47 Å². The maximum atomic E-state index is 5.27. The zero-order valence-electron chi connectivity index (χ0n) is 22.2. The van der Waals surface area contributed by atoms with E-state index in [0.717, 1.165) is 61.3 Å². The molecular weight excluding hydrogens is 780 g/mol. The predicted molar refractivity (Wildman–Crippen MR) is 185 cm³/mol. The van der Waals surface area contributed by atoms with E-state index in [0.29, 0.717) is 0 Å². The molecule has 6 heteroatoms. The molecule has 0 amide bonds. The van der Waals surface area contributed by atoms with Crippen LogP contribution in [0.4, 0.5) is 0 Å². The molecule has 8 rings (SSSR count). The van der Waals surface area contributed by atoms with Crippen LogP contribution in [0.3, 0.4) is 0 Å². The molecule has 0 radical (unpaired) electrons. The molecule has 3 aromatic carbocycles. The number of para-hydroxylation sites is 2. The summed E-state index contributed by atoms with van der Waals surface area (Å²) in [7, 11) is 0. The number of nitrogens with zero attached hydrogens (tertiary/aromatic N) is 2. The smallest absolute Gasteiger partial charge is 0.126 e. The Kier molecular flexibility index (Phi) is 6.21. The van der Waals surface area contributed by atoms with Crippen molar-refractivity contribution in [3.8, 4) is 0 Å². The van der Waals surface area contributed by atoms with Gasteiger partial charge in [-0.15, -0.1) is 0 Å². The van der Waals surface area contributed by atoms with E-state index in [2.05, 4.69) is 185 Å². The highest BCUT2D eigenvalue weighted by Crippen LogP contribution is 2.58.